The van der Waals surface area contributed by atoms with Crippen LogP contribution in [0.2, 0.25) is 0 Å². The number of hydrogen-bond donors (Lipinski definition) is 3. The molecule has 0 aliphatic carbocycles. The van der Waals surface area contributed by atoms with Gasteiger partial charge >= 0.3 is 12.1 Å². The van der Waals surface area contributed by atoms with Crippen molar-refractivity contribution < 1.29 is 32.7 Å². The molecule has 7 nitrogen and oxygen atoms in total. The molecular formula is C24H28F3N3O4. The molecule has 1 saturated heterocycles. The molecule has 0 aromatic heterocycles. The normalized spacial score (nSPS) is 15.5. The molecule has 1 aliphatic rings. The van der Waals surface area contributed by atoms with Crippen molar-refractivity contribution >= 4 is 17.5 Å². The molecule has 0 saturated carbocycles. The number of halogens is 3. The Hall–Kier alpha value is -3.11. The van der Waals surface area contributed by atoms with Gasteiger partial charge in [0.05, 0.1) is 12.0 Å². The number of carbonyl (C=O) groups is 2. The average Bonchev–Trinajstić information content (AvgIpc) is 2.80. The van der Waals surface area contributed by atoms with Crippen LogP contribution in [0.15, 0.2) is 42.5 Å². The number of hydroxylamine groups is 1. The van der Waals surface area contributed by atoms with Gasteiger partial charge in [0.2, 0.25) is 5.91 Å². The predicted octanol–water partition coefficient (Wildman–Crippen LogP) is 3.80. The van der Waals surface area contributed by atoms with Crippen LogP contribution >= 0.6 is 0 Å². The molecule has 1 aliphatic heterocycles. The predicted molar refractivity (Wildman–Crippen MR) is 120 cm³/mol. The number of piperidine rings is 1. The number of aryl methyl sites for hydroxylation is 2. The Morgan fingerprint density at radius 1 is 1.12 bits per heavy atom. The van der Waals surface area contributed by atoms with Crippen molar-refractivity contribution in [3.8, 4) is 5.75 Å². The zero-order chi connectivity index (χ0) is 24.9. The maximum atomic E-state index is 13.6. The van der Waals surface area contributed by atoms with Crippen molar-refractivity contribution in [1.82, 2.24) is 10.8 Å². The van der Waals surface area contributed by atoms with Crippen LogP contribution < -0.4 is 20.4 Å². The summed E-state index contributed by atoms with van der Waals surface area (Å²) in [7, 11) is 0. The fourth-order valence-corrected chi connectivity index (χ4v) is 4.25. The lowest BCUT2D eigenvalue weighted by atomic mass is 9.82. The van der Waals surface area contributed by atoms with Gasteiger partial charge in [0.25, 0.3) is 0 Å². The standard InChI is InChI=1S/C24H28F3N3O4/c1-16-3-4-17(2)18(13-16)15-34-20-7-5-19(6-8-20)30(22(32)24(25,26)27)23(14-21(31)29-33)9-11-28-12-10-23/h3-8,13,28,33H,9-12,14-15H2,1-2H3,(H,29,31). The van der Waals surface area contributed by atoms with E-state index in [1.165, 1.54) is 29.7 Å². The number of carbonyl (C=O) groups excluding carboxylic acids is 2. The van der Waals surface area contributed by atoms with E-state index >= 15 is 0 Å². The van der Waals surface area contributed by atoms with E-state index in [4.69, 9.17) is 9.94 Å². The largest absolute Gasteiger partial charge is 0.489 e. The summed E-state index contributed by atoms with van der Waals surface area (Å²) in [5, 5.41) is 12.0. The Balaban J connectivity index is 1.91. The lowest BCUT2D eigenvalue weighted by Gasteiger charge is -2.46. The first-order valence-corrected chi connectivity index (χ1v) is 10.9. The summed E-state index contributed by atoms with van der Waals surface area (Å²) >= 11 is 0. The average molecular weight is 479 g/mol. The first-order chi connectivity index (χ1) is 16.1. The number of rotatable bonds is 7. The van der Waals surface area contributed by atoms with E-state index in [2.05, 4.69) is 5.32 Å². The van der Waals surface area contributed by atoms with Gasteiger partial charge < -0.3 is 10.1 Å². The van der Waals surface area contributed by atoms with E-state index in [0.717, 1.165) is 16.7 Å². The van der Waals surface area contributed by atoms with Gasteiger partial charge in [0.15, 0.2) is 0 Å². The van der Waals surface area contributed by atoms with Crippen LogP contribution in [0.1, 0.15) is 36.0 Å². The van der Waals surface area contributed by atoms with Crippen LogP contribution in [0.3, 0.4) is 0 Å². The Morgan fingerprint density at radius 2 is 1.76 bits per heavy atom. The third-order valence-electron chi connectivity index (χ3n) is 6.06. The molecule has 2 aromatic carbocycles. The Labute approximate surface area is 195 Å². The van der Waals surface area contributed by atoms with Crippen LogP contribution in [-0.4, -0.2) is 41.8 Å². The quantitative estimate of drug-likeness (QED) is 0.415. The zero-order valence-electron chi connectivity index (χ0n) is 19.0. The molecule has 0 bridgehead atoms. The van der Waals surface area contributed by atoms with Gasteiger partial charge in [0.1, 0.15) is 12.4 Å². The highest BCUT2D eigenvalue weighted by molar-refractivity contribution is 5.99. The fraction of sp³-hybridized carbons (Fsp3) is 0.417. The summed E-state index contributed by atoms with van der Waals surface area (Å²) in [4.78, 5) is 25.2. The summed E-state index contributed by atoms with van der Waals surface area (Å²) in [6.07, 6.45) is -5.41. The molecule has 0 spiro atoms. The molecule has 2 aromatic rings. The third-order valence-corrected chi connectivity index (χ3v) is 6.06. The van der Waals surface area contributed by atoms with Gasteiger partial charge in [-0.1, -0.05) is 23.8 Å². The molecule has 0 atom stereocenters. The smallest absolute Gasteiger partial charge is 0.471 e. The maximum Gasteiger partial charge on any atom is 0.471 e. The molecule has 2 amide bonds. The summed E-state index contributed by atoms with van der Waals surface area (Å²) < 4.78 is 46.6. The van der Waals surface area contributed by atoms with Gasteiger partial charge in [-0.05, 0) is 75.2 Å². The van der Waals surface area contributed by atoms with E-state index in [9.17, 15) is 22.8 Å². The molecule has 1 fully saturated rings. The number of benzene rings is 2. The van der Waals surface area contributed by atoms with Crippen molar-refractivity contribution in [3.05, 3.63) is 59.2 Å². The van der Waals surface area contributed by atoms with Crippen molar-refractivity contribution in [2.45, 2.75) is 51.4 Å². The number of nitrogens with zero attached hydrogens (tertiary/aromatic N) is 1. The highest BCUT2D eigenvalue weighted by Crippen LogP contribution is 2.38. The van der Waals surface area contributed by atoms with Crippen LogP contribution in [0.4, 0.5) is 18.9 Å². The SMILES string of the molecule is Cc1ccc(C)c(COc2ccc(N(C(=O)C(F)(F)F)C3(CC(=O)NO)CCNCC3)cc2)c1. The molecule has 1 heterocycles. The topological polar surface area (TPSA) is 90.9 Å². The van der Waals surface area contributed by atoms with Crippen LogP contribution in [0.5, 0.6) is 5.75 Å². The number of amides is 2. The summed E-state index contributed by atoms with van der Waals surface area (Å²) in [5.41, 5.74) is 3.14. The van der Waals surface area contributed by atoms with Gasteiger partial charge in [-0.3, -0.25) is 19.7 Å². The van der Waals surface area contributed by atoms with Crippen LogP contribution in [-0.2, 0) is 16.2 Å². The van der Waals surface area contributed by atoms with Gasteiger partial charge in [-0.15, -0.1) is 0 Å². The van der Waals surface area contributed by atoms with Crippen molar-refractivity contribution in [2.24, 2.45) is 0 Å². The number of anilines is 1. The zero-order valence-corrected chi connectivity index (χ0v) is 19.0. The minimum atomic E-state index is -5.15. The molecular weight excluding hydrogens is 451 g/mol. The summed E-state index contributed by atoms with van der Waals surface area (Å²) in [5.74, 6) is -2.50. The van der Waals surface area contributed by atoms with Crippen molar-refractivity contribution in [3.63, 3.8) is 0 Å². The van der Waals surface area contributed by atoms with Gasteiger partial charge in [-0.25, -0.2) is 5.48 Å². The van der Waals surface area contributed by atoms with E-state index in [1.54, 1.807) is 0 Å². The fourth-order valence-electron chi connectivity index (χ4n) is 4.25. The molecule has 10 heteroatoms. The van der Waals surface area contributed by atoms with Crippen LogP contribution in [0, 0.1) is 13.8 Å². The number of nitrogens with one attached hydrogen (secondary N) is 2. The Bertz CT molecular complexity index is 1020. The van der Waals surface area contributed by atoms with Crippen molar-refractivity contribution in [1.29, 1.82) is 0 Å². The van der Waals surface area contributed by atoms with Crippen molar-refractivity contribution in [2.75, 3.05) is 18.0 Å². The van der Waals surface area contributed by atoms with Gasteiger partial charge in [0, 0.05) is 5.69 Å². The van der Waals surface area contributed by atoms with E-state index in [1.807, 2.05) is 32.0 Å². The van der Waals surface area contributed by atoms with E-state index in [0.29, 0.717) is 23.7 Å². The molecule has 0 radical (unpaired) electrons. The first kappa shape index (κ1) is 25.5. The summed E-state index contributed by atoms with van der Waals surface area (Å²) in [6, 6.07) is 11.7. The second-order valence-electron chi connectivity index (χ2n) is 8.54. The Kier molecular flexibility index (Phi) is 7.83. The second-order valence-corrected chi connectivity index (χ2v) is 8.54. The highest BCUT2D eigenvalue weighted by atomic mass is 19.4. The minimum absolute atomic E-state index is 0.00551. The molecule has 3 rings (SSSR count). The van der Waals surface area contributed by atoms with Gasteiger partial charge in [-0.2, -0.15) is 13.2 Å². The lowest BCUT2D eigenvalue weighted by Crippen LogP contribution is -2.61. The number of ether oxygens (including phenoxy) is 1. The molecule has 3 N–H and O–H groups in total. The Morgan fingerprint density at radius 3 is 2.35 bits per heavy atom. The van der Waals surface area contributed by atoms with E-state index < -0.39 is 30.0 Å². The number of hydrogen-bond acceptors (Lipinski definition) is 5. The molecule has 184 valence electrons. The highest BCUT2D eigenvalue weighted by Gasteiger charge is 2.52. The number of alkyl halides is 3. The van der Waals surface area contributed by atoms with E-state index in [-0.39, 0.29) is 25.1 Å². The maximum absolute atomic E-state index is 13.6. The second kappa shape index (κ2) is 10.4. The summed E-state index contributed by atoms with van der Waals surface area (Å²) in [6.45, 7) is 4.85. The monoisotopic (exact) mass is 479 g/mol. The lowest BCUT2D eigenvalue weighted by molar-refractivity contribution is -0.172. The molecule has 34 heavy (non-hydrogen) atoms. The third kappa shape index (κ3) is 5.87. The first-order valence-electron chi connectivity index (χ1n) is 10.9. The van der Waals surface area contributed by atoms with Crippen LogP contribution in [0.25, 0.3) is 0 Å². The minimum Gasteiger partial charge on any atom is -0.489 e. The molecule has 0 unspecified atom stereocenters.